The molecule has 0 radical (unpaired) electrons. The molecular formula is C38H45N3O11. The van der Waals surface area contributed by atoms with Crippen molar-refractivity contribution in [1.82, 2.24) is 14.8 Å². The Balaban J connectivity index is 0.000000487. The van der Waals surface area contributed by atoms with Crippen LogP contribution in [-0.2, 0) is 25.7 Å². The molecule has 4 N–H and O–H groups in total. The molecule has 14 nitrogen and oxygen atoms in total. The highest BCUT2D eigenvalue weighted by molar-refractivity contribution is 5.90. The molecule has 0 bridgehead atoms. The lowest BCUT2D eigenvalue weighted by Gasteiger charge is -2.34. The molecule has 1 saturated heterocycles. The van der Waals surface area contributed by atoms with Gasteiger partial charge in [0.15, 0.2) is 11.5 Å². The van der Waals surface area contributed by atoms with E-state index in [0.717, 1.165) is 56.9 Å². The molecule has 2 aromatic carbocycles. The zero-order chi connectivity index (χ0) is 38.3. The third-order valence-electron chi connectivity index (χ3n) is 7.35. The number of rotatable bonds is 15. The summed E-state index contributed by atoms with van der Waals surface area (Å²) in [6.45, 7) is 6.49. The Bertz CT molecular complexity index is 1590. The number of piperazine rings is 1. The number of methoxy groups -OCH3 is 3. The van der Waals surface area contributed by atoms with Crippen LogP contribution in [-0.4, -0.2) is 113 Å². The van der Waals surface area contributed by atoms with Crippen molar-refractivity contribution in [3.63, 3.8) is 0 Å². The Hall–Kier alpha value is -5.99. The van der Waals surface area contributed by atoms with Crippen molar-refractivity contribution in [2.45, 2.75) is 19.4 Å². The maximum Gasteiger partial charge on any atom is 0.328 e. The number of carbonyl (C=O) groups is 4. The fourth-order valence-corrected chi connectivity index (χ4v) is 4.89. The van der Waals surface area contributed by atoms with E-state index in [-0.39, 0.29) is 0 Å². The summed E-state index contributed by atoms with van der Waals surface area (Å²) in [6.07, 6.45) is 10.9. The third-order valence-corrected chi connectivity index (χ3v) is 7.35. The van der Waals surface area contributed by atoms with Crippen molar-refractivity contribution in [3.05, 3.63) is 102 Å². The summed E-state index contributed by atoms with van der Waals surface area (Å²) in [4.78, 5) is 47.9. The number of nitrogens with zero attached hydrogens (tertiary/aromatic N) is 3. The van der Waals surface area contributed by atoms with Crippen LogP contribution < -0.4 is 14.2 Å². The molecule has 0 amide bonds. The number of carboxylic acids is 4. The SMILES string of the molecule is COc1cc(-c2cc(CN3CCN(CCC/C=C/c4ccccc4)CC3)ccn2)cc(OC)c1OC.O=C(O)/C=C/C(=O)O.O=C(O)/C=C/C(=O)O. The van der Waals surface area contributed by atoms with Gasteiger partial charge >= 0.3 is 23.9 Å². The summed E-state index contributed by atoms with van der Waals surface area (Å²) >= 11 is 0. The van der Waals surface area contributed by atoms with E-state index in [1.54, 1.807) is 21.3 Å². The van der Waals surface area contributed by atoms with Gasteiger partial charge in [0.1, 0.15) is 0 Å². The maximum atomic E-state index is 9.55. The van der Waals surface area contributed by atoms with Gasteiger partial charge in [0.05, 0.1) is 27.0 Å². The van der Waals surface area contributed by atoms with E-state index in [2.05, 4.69) is 69.4 Å². The van der Waals surface area contributed by atoms with E-state index >= 15 is 0 Å². The second-order valence-electron chi connectivity index (χ2n) is 11.1. The van der Waals surface area contributed by atoms with Gasteiger partial charge in [0.2, 0.25) is 5.75 Å². The van der Waals surface area contributed by atoms with Crippen LogP contribution in [0.15, 0.2) is 91.2 Å². The van der Waals surface area contributed by atoms with Crippen molar-refractivity contribution in [3.8, 4) is 28.5 Å². The Labute approximate surface area is 302 Å². The highest BCUT2D eigenvalue weighted by Crippen LogP contribution is 2.40. The fourth-order valence-electron chi connectivity index (χ4n) is 4.89. The Kier molecular flexibility index (Phi) is 19.0. The largest absolute Gasteiger partial charge is 0.493 e. The predicted octanol–water partition coefficient (Wildman–Crippen LogP) is 4.81. The summed E-state index contributed by atoms with van der Waals surface area (Å²) in [5.74, 6) is -3.18. The number of hydrogen-bond acceptors (Lipinski definition) is 10. The molecule has 52 heavy (non-hydrogen) atoms. The number of benzene rings is 2. The molecule has 14 heteroatoms. The molecule has 0 saturated carbocycles. The first-order valence-electron chi connectivity index (χ1n) is 16.1. The monoisotopic (exact) mass is 719 g/mol. The average Bonchev–Trinajstić information content (AvgIpc) is 3.14. The van der Waals surface area contributed by atoms with Gasteiger partial charge in [-0.15, -0.1) is 0 Å². The zero-order valence-corrected chi connectivity index (χ0v) is 29.4. The first kappa shape index (κ1) is 42.2. The topological polar surface area (TPSA) is 196 Å². The molecule has 0 spiro atoms. The molecule has 1 aromatic heterocycles. The third kappa shape index (κ3) is 16.6. The lowest BCUT2D eigenvalue weighted by atomic mass is 10.1. The van der Waals surface area contributed by atoms with E-state index in [1.807, 2.05) is 18.3 Å². The van der Waals surface area contributed by atoms with E-state index in [4.69, 9.17) is 34.6 Å². The molecule has 1 aliphatic heterocycles. The summed E-state index contributed by atoms with van der Waals surface area (Å²) in [5, 5.41) is 31.2. The number of carboxylic acid groups (broad SMARTS) is 4. The molecule has 0 unspecified atom stereocenters. The number of pyridine rings is 1. The number of ether oxygens (including phenoxy) is 3. The molecule has 2 heterocycles. The van der Waals surface area contributed by atoms with Crippen molar-refractivity contribution >= 4 is 30.0 Å². The zero-order valence-electron chi connectivity index (χ0n) is 29.4. The van der Waals surface area contributed by atoms with Gasteiger partial charge in [-0.25, -0.2) is 19.2 Å². The lowest BCUT2D eigenvalue weighted by molar-refractivity contribution is -0.134. The van der Waals surface area contributed by atoms with E-state index in [1.165, 1.54) is 17.5 Å². The van der Waals surface area contributed by atoms with Gasteiger partial charge in [0.25, 0.3) is 0 Å². The summed E-state index contributed by atoms with van der Waals surface area (Å²) in [7, 11) is 4.87. The minimum atomic E-state index is -1.26. The normalized spacial score (nSPS) is 13.1. The average molecular weight is 720 g/mol. The molecule has 0 atom stereocenters. The second-order valence-corrected chi connectivity index (χ2v) is 11.1. The number of hydrogen-bond donors (Lipinski definition) is 4. The van der Waals surface area contributed by atoms with Gasteiger partial charge < -0.3 is 39.5 Å². The summed E-state index contributed by atoms with van der Waals surface area (Å²) in [6, 6.07) is 18.7. The first-order chi connectivity index (χ1) is 24.9. The Morgan fingerprint density at radius 3 is 1.71 bits per heavy atom. The molecule has 0 aliphatic carbocycles. The molecule has 1 fully saturated rings. The summed E-state index contributed by atoms with van der Waals surface area (Å²) < 4.78 is 16.5. The predicted molar refractivity (Wildman–Crippen MR) is 195 cm³/mol. The van der Waals surface area contributed by atoms with Crippen LogP contribution in [0.2, 0.25) is 0 Å². The number of unbranched alkanes of at least 4 members (excludes halogenated alkanes) is 1. The van der Waals surface area contributed by atoms with Gasteiger partial charge in [-0.2, -0.15) is 0 Å². The van der Waals surface area contributed by atoms with Crippen molar-refractivity contribution in [2.75, 3.05) is 54.1 Å². The summed E-state index contributed by atoms with van der Waals surface area (Å²) in [5.41, 5.74) is 4.37. The van der Waals surface area contributed by atoms with Crippen LogP contribution in [0.25, 0.3) is 17.3 Å². The van der Waals surface area contributed by atoms with Crippen molar-refractivity contribution < 1.29 is 53.8 Å². The molecular weight excluding hydrogens is 674 g/mol. The van der Waals surface area contributed by atoms with Crippen LogP contribution in [0.1, 0.15) is 24.0 Å². The quantitative estimate of drug-likeness (QED) is 0.123. The lowest BCUT2D eigenvalue weighted by Crippen LogP contribution is -2.46. The van der Waals surface area contributed by atoms with Crippen LogP contribution >= 0.6 is 0 Å². The molecule has 278 valence electrons. The van der Waals surface area contributed by atoms with Crippen LogP contribution in [0.5, 0.6) is 17.2 Å². The Morgan fingerprint density at radius 2 is 1.23 bits per heavy atom. The van der Waals surface area contributed by atoms with E-state index < -0.39 is 23.9 Å². The van der Waals surface area contributed by atoms with Crippen molar-refractivity contribution in [2.24, 2.45) is 0 Å². The molecule has 1 aliphatic rings. The van der Waals surface area contributed by atoms with Crippen LogP contribution in [0, 0.1) is 0 Å². The van der Waals surface area contributed by atoms with Gasteiger partial charge in [-0.05, 0) is 54.8 Å². The standard InChI is InChI=1S/C30H37N3O3.2C4H4O4/c1-34-28-21-26(22-29(35-2)30(28)36-3)27-20-25(13-14-31-27)23-33-18-16-32(17-19-33)15-9-5-8-12-24-10-6-4-7-11-24;2*5-3(6)1-2-4(7)8/h4,6-8,10-14,20-22H,5,9,15-19,23H2,1-3H3;2*1-2H,(H,5,6)(H,7,8)/b12-8+;2*2-1+. The number of aliphatic carboxylic acids is 4. The minimum Gasteiger partial charge on any atom is -0.493 e. The van der Waals surface area contributed by atoms with Crippen molar-refractivity contribution in [1.29, 1.82) is 0 Å². The van der Waals surface area contributed by atoms with Gasteiger partial charge in [-0.3, -0.25) is 9.88 Å². The van der Waals surface area contributed by atoms with Gasteiger partial charge in [-0.1, -0.05) is 42.5 Å². The molecule has 3 aromatic rings. The van der Waals surface area contributed by atoms with Crippen LogP contribution in [0.4, 0.5) is 0 Å². The number of allylic oxidation sites excluding steroid dienone is 1. The molecule has 4 rings (SSSR count). The van der Waals surface area contributed by atoms with Gasteiger partial charge in [0, 0.05) is 68.8 Å². The minimum absolute atomic E-state index is 0.558. The van der Waals surface area contributed by atoms with E-state index in [9.17, 15) is 19.2 Å². The first-order valence-corrected chi connectivity index (χ1v) is 16.1. The second kappa shape index (κ2) is 23.4. The maximum absolute atomic E-state index is 9.55. The highest BCUT2D eigenvalue weighted by atomic mass is 16.5. The van der Waals surface area contributed by atoms with E-state index in [0.29, 0.717) is 41.6 Å². The Morgan fingerprint density at radius 1 is 0.712 bits per heavy atom. The van der Waals surface area contributed by atoms with Crippen LogP contribution in [0.3, 0.4) is 0 Å². The highest BCUT2D eigenvalue weighted by Gasteiger charge is 2.18. The smallest absolute Gasteiger partial charge is 0.328 e. The fraction of sp³-hybridized carbons (Fsp3) is 0.289. The number of aromatic nitrogens is 1.